The molecule has 8 nitrogen and oxygen atoms in total. The topological polar surface area (TPSA) is 96.0 Å². The van der Waals surface area contributed by atoms with E-state index in [2.05, 4.69) is 10.1 Å². The average molecular weight is 423 g/mol. The Morgan fingerprint density at radius 2 is 1.82 bits per heavy atom. The summed E-state index contributed by atoms with van der Waals surface area (Å²) in [5.41, 5.74) is -1.05. The number of benzene rings is 1. The van der Waals surface area contributed by atoms with Crippen LogP contribution in [0, 0.1) is 0 Å². The van der Waals surface area contributed by atoms with E-state index in [1.54, 1.807) is 6.92 Å². The van der Waals surface area contributed by atoms with Gasteiger partial charge in [-0.2, -0.15) is 17.5 Å². The maximum atomic E-state index is 12.8. The molecule has 1 fully saturated rings. The van der Waals surface area contributed by atoms with Crippen LogP contribution in [-0.4, -0.2) is 69.0 Å². The summed E-state index contributed by atoms with van der Waals surface area (Å²) < 4.78 is 69.4. The minimum Gasteiger partial charge on any atom is -0.450 e. The fraction of sp³-hybridized carbons (Fsp3) is 0.500. The Morgan fingerprint density at radius 3 is 2.39 bits per heavy atom. The molecule has 1 aromatic carbocycles. The van der Waals surface area contributed by atoms with E-state index in [9.17, 15) is 31.2 Å². The predicted octanol–water partition coefficient (Wildman–Crippen LogP) is 1.28. The first-order chi connectivity index (χ1) is 13.1. The number of sulfonamides is 1. The van der Waals surface area contributed by atoms with Gasteiger partial charge in [0, 0.05) is 26.2 Å². The SMILES string of the molecule is CCOC(=O)NCC(=O)N1CCN(S(=O)(=O)c2cccc(C(F)(F)F)c2)CC1. The van der Waals surface area contributed by atoms with E-state index in [1.165, 1.54) is 4.90 Å². The molecule has 0 aromatic heterocycles. The van der Waals surface area contributed by atoms with Crippen molar-refractivity contribution in [1.82, 2.24) is 14.5 Å². The highest BCUT2D eigenvalue weighted by Gasteiger charge is 2.34. The van der Waals surface area contributed by atoms with Gasteiger partial charge in [-0.05, 0) is 25.1 Å². The molecule has 1 aliphatic rings. The molecule has 0 aliphatic carbocycles. The highest BCUT2D eigenvalue weighted by atomic mass is 32.2. The maximum Gasteiger partial charge on any atom is 0.416 e. The first-order valence-corrected chi connectivity index (χ1v) is 9.85. The van der Waals surface area contributed by atoms with Crippen molar-refractivity contribution < 1.29 is 35.9 Å². The standard InChI is InChI=1S/C16H20F3N3O5S/c1-2-27-15(24)20-11-14(23)21-6-8-22(9-7-21)28(25,26)13-5-3-4-12(10-13)16(17,18)19/h3-5,10H,2,6-9,11H2,1H3,(H,20,24). The smallest absolute Gasteiger partial charge is 0.416 e. The fourth-order valence-corrected chi connectivity index (χ4v) is 4.07. The number of piperazine rings is 1. The highest BCUT2D eigenvalue weighted by Crippen LogP contribution is 2.31. The first-order valence-electron chi connectivity index (χ1n) is 8.41. The van der Waals surface area contributed by atoms with Gasteiger partial charge in [-0.3, -0.25) is 4.79 Å². The van der Waals surface area contributed by atoms with E-state index >= 15 is 0 Å². The van der Waals surface area contributed by atoms with Gasteiger partial charge in [-0.15, -0.1) is 0 Å². The monoisotopic (exact) mass is 423 g/mol. The van der Waals surface area contributed by atoms with Crippen molar-refractivity contribution in [1.29, 1.82) is 0 Å². The van der Waals surface area contributed by atoms with E-state index < -0.39 is 38.7 Å². The summed E-state index contributed by atoms with van der Waals surface area (Å²) in [5.74, 6) is -0.413. The Hall–Kier alpha value is -2.34. The molecular weight excluding hydrogens is 403 g/mol. The molecule has 28 heavy (non-hydrogen) atoms. The van der Waals surface area contributed by atoms with E-state index in [0.29, 0.717) is 6.07 Å². The van der Waals surface area contributed by atoms with Gasteiger partial charge < -0.3 is 15.0 Å². The minimum absolute atomic E-state index is 0.0571. The van der Waals surface area contributed by atoms with E-state index in [1.807, 2.05) is 0 Å². The summed E-state index contributed by atoms with van der Waals surface area (Å²) in [6.45, 7) is 1.47. The van der Waals surface area contributed by atoms with E-state index in [4.69, 9.17) is 0 Å². The third-order valence-corrected chi connectivity index (χ3v) is 5.94. The van der Waals surface area contributed by atoms with Crippen LogP contribution in [0.3, 0.4) is 0 Å². The van der Waals surface area contributed by atoms with Gasteiger partial charge in [0.2, 0.25) is 15.9 Å². The molecule has 1 N–H and O–H groups in total. The van der Waals surface area contributed by atoms with Crippen LogP contribution < -0.4 is 5.32 Å². The van der Waals surface area contributed by atoms with Crippen LogP contribution >= 0.6 is 0 Å². The second-order valence-corrected chi connectivity index (χ2v) is 7.82. The lowest BCUT2D eigenvalue weighted by Gasteiger charge is -2.34. The molecule has 1 aliphatic heterocycles. The van der Waals surface area contributed by atoms with Gasteiger partial charge >= 0.3 is 12.3 Å². The fourth-order valence-electron chi connectivity index (χ4n) is 2.60. The van der Waals surface area contributed by atoms with Gasteiger partial charge in [0.15, 0.2) is 0 Å². The number of carbonyl (C=O) groups excluding carboxylic acids is 2. The molecule has 0 unspecified atom stereocenters. The summed E-state index contributed by atoms with van der Waals surface area (Å²) in [5, 5.41) is 2.28. The molecule has 0 saturated carbocycles. The van der Waals surface area contributed by atoms with Crippen molar-refractivity contribution >= 4 is 22.0 Å². The zero-order valence-electron chi connectivity index (χ0n) is 15.0. The second-order valence-electron chi connectivity index (χ2n) is 5.88. The van der Waals surface area contributed by atoms with Crippen LogP contribution in [0.2, 0.25) is 0 Å². The Balaban J connectivity index is 1.98. The Labute approximate surface area is 160 Å². The Morgan fingerprint density at radius 1 is 1.18 bits per heavy atom. The Bertz CT molecular complexity index is 821. The van der Waals surface area contributed by atoms with Crippen LogP contribution in [0.5, 0.6) is 0 Å². The number of rotatable bonds is 5. The lowest BCUT2D eigenvalue weighted by Crippen LogP contribution is -2.52. The molecular formula is C16H20F3N3O5S. The van der Waals surface area contributed by atoms with Crippen LogP contribution in [0.4, 0.5) is 18.0 Å². The maximum absolute atomic E-state index is 12.8. The number of halogens is 3. The molecule has 1 saturated heterocycles. The van der Waals surface area contributed by atoms with Gasteiger partial charge in [-0.25, -0.2) is 13.2 Å². The summed E-state index contributed by atoms with van der Waals surface area (Å²) in [6, 6.07) is 3.53. The number of nitrogens with zero attached hydrogens (tertiary/aromatic N) is 2. The summed E-state index contributed by atoms with van der Waals surface area (Å²) in [4.78, 5) is 24.2. The molecule has 2 amide bonds. The molecule has 12 heteroatoms. The first kappa shape index (κ1) is 22.0. The average Bonchev–Trinajstić information content (AvgIpc) is 2.66. The normalized spacial score (nSPS) is 15.9. The molecule has 2 rings (SSSR count). The minimum atomic E-state index is -4.65. The quantitative estimate of drug-likeness (QED) is 0.770. The molecule has 0 spiro atoms. The molecule has 0 atom stereocenters. The molecule has 0 bridgehead atoms. The largest absolute Gasteiger partial charge is 0.450 e. The van der Waals surface area contributed by atoms with Crippen molar-refractivity contribution in [3.8, 4) is 0 Å². The summed E-state index contributed by atoms with van der Waals surface area (Å²) in [7, 11) is -4.12. The number of hydrogen-bond donors (Lipinski definition) is 1. The molecule has 156 valence electrons. The zero-order chi connectivity index (χ0) is 20.9. The van der Waals surface area contributed by atoms with Crippen molar-refractivity contribution in [3.63, 3.8) is 0 Å². The molecule has 1 aromatic rings. The van der Waals surface area contributed by atoms with Crippen molar-refractivity contribution in [2.45, 2.75) is 18.0 Å². The highest BCUT2D eigenvalue weighted by molar-refractivity contribution is 7.89. The summed E-state index contributed by atoms with van der Waals surface area (Å²) in [6.07, 6.45) is -5.38. The zero-order valence-corrected chi connectivity index (χ0v) is 15.8. The predicted molar refractivity (Wildman–Crippen MR) is 91.8 cm³/mol. The van der Waals surface area contributed by atoms with Crippen molar-refractivity contribution in [2.75, 3.05) is 39.3 Å². The van der Waals surface area contributed by atoms with Crippen LogP contribution in [-0.2, 0) is 25.7 Å². The number of amides is 2. The third kappa shape index (κ3) is 5.35. The number of hydrogen-bond acceptors (Lipinski definition) is 5. The van der Waals surface area contributed by atoms with E-state index in [0.717, 1.165) is 22.5 Å². The second kappa shape index (κ2) is 8.78. The van der Waals surface area contributed by atoms with Gasteiger partial charge in [0.25, 0.3) is 0 Å². The Kier molecular flexibility index (Phi) is 6.88. The summed E-state index contributed by atoms with van der Waals surface area (Å²) >= 11 is 0. The van der Waals surface area contributed by atoms with Crippen molar-refractivity contribution in [2.24, 2.45) is 0 Å². The lowest BCUT2D eigenvalue weighted by atomic mass is 10.2. The number of ether oxygens (including phenoxy) is 1. The van der Waals surface area contributed by atoms with Gasteiger partial charge in [0.1, 0.15) is 6.54 Å². The van der Waals surface area contributed by atoms with Crippen LogP contribution in [0.1, 0.15) is 12.5 Å². The van der Waals surface area contributed by atoms with Gasteiger partial charge in [-0.1, -0.05) is 6.07 Å². The van der Waals surface area contributed by atoms with E-state index in [-0.39, 0.29) is 39.3 Å². The number of carbonyl (C=O) groups is 2. The van der Waals surface area contributed by atoms with Crippen molar-refractivity contribution in [3.05, 3.63) is 29.8 Å². The molecule has 0 radical (unpaired) electrons. The lowest BCUT2D eigenvalue weighted by molar-refractivity contribution is -0.137. The van der Waals surface area contributed by atoms with Crippen LogP contribution in [0.15, 0.2) is 29.2 Å². The number of alkyl halides is 3. The van der Waals surface area contributed by atoms with Crippen LogP contribution in [0.25, 0.3) is 0 Å². The number of nitrogens with one attached hydrogen (secondary N) is 1. The molecule has 1 heterocycles. The number of alkyl carbamates (subject to hydrolysis) is 1. The third-order valence-electron chi connectivity index (χ3n) is 4.05. The van der Waals surface area contributed by atoms with Gasteiger partial charge in [0.05, 0.1) is 17.1 Å².